The van der Waals surface area contributed by atoms with Crippen LogP contribution in [0.2, 0.25) is 0 Å². The normalized spacial score (nSPS) is 22.8. The van der Waals surface area contributed by atoms with Gasteiger partial charge in [-0.2, -0.15) is 0 Å². The van der Waals surface area contributed by atoms with E-state index in [1.807, 2.05) is 5.32 Å². The Labute approximate surface area is 113 Å². The highest BCUT2D eigenvalue weighted by atomic mass is 19.3. The monoisotopic (exact) mass is 285 g/mol. The van der Waals surface area contributed by atoms with Crippen molar-refractivity contribution in [1.82, 2.24) is 5.32 Å². The summed E-state index contributed by atoms with van der Waals surface area (Å²) in [5.41, 5.74) is -1.59. The molecule has 1 amide bonds. The molecule has 1 fully saturated rings. The standard InChI is InChI=1S/C13H13F2NO4/c1-19-10(17)12(8-13(12,14)15)16-11(18)20-7-9-5-3-2-4-6-9/h2-6H,7-8H2,1H3,(H,16,18)/t12-/m1/s1. The van der Waals surface area contributed by atoms with Gasteiger partial charge in [-0.3, -0.25) is 5.32 Å². The number of halogens is 2. The number of hydrogen-bond donors (Lipinski definition) is 1. The van der Waals surface area contributed by atoms with Crippen LogP contribution in [0.4, 0.5) is 13.6 Å². The number of alkyl carbamates (subject to hydrolysis) is 1. The van der Waals surface area contributed by atoms with E-state index in [2.05, 4.69) is 4.74 Å². The third-order valence-electron chi connectivity index (χ3n) is 3.05. The first kappa shape index (κ1) is 14.2. The molecule has 0 unspecified atom stereocenters. The molecule has 1 aliphatic carbocycles. The van der Waals surface area contributed by atoms with Crippen molar-refractivity contribution in [2.75, 3.05) is 7.11 Å². The molecule has 1 aromatic carbocycles. The van der Waals surface area contributed by atoms with Gasteiger partial charge in [-0.1, -0.05) is 30.3 Å². The zero-order valence-electron chi connectivity index (χ0n) is 10.7. The van der Waals surface area contributed by atoms with Crippen LogP contribution in [0, 0.1) is 0 Å². The highest BCUT2D eigenvalue weighted by Gasteiger charge is 2.78. The summed E-state index contributed by atoms with van der Waals surface area (Å²) >= 11 is 0. The second kappa shape index (κ2) is 5.07. The van der Waals surface area contributed by atoms with Gasteiger partial charge in [-0.15, -0.1) is 0 Å². The maximum absolute atomic E-state index is 13.2. The van der Waals surface area contributed by atoms with Gasteiger partial charge in [0, 0.05) is 0 Å². The highest BCUT2D eigenvalue weighted by molar-refractivity contribution is 5.91. The number of nitrogens with one attached hydrogen (secondary N) is 1. The zero-order chi connectivity index (χ0) is 14.8. The predicted molar refractivity (Wildman–Crippen MR) is 64.1 cm³/mol. The zero-order valence-corrected chi connectivity index (χ0v) is 10.7. The Kier molecular flexibility index (Phi) is 3.61. The van der Waals surface area contributed by atoms with E-state index >= 15 is 0 Å². The van der Waals surface area contributed by atoms with E-state index in [1.165, 1.54) is 0 Å². The fourth-order valence-electron chi connectivity index (χ4n) is 1.80. The summed E-state index contributed by atoms with van der Waals surface area (Å²) in [5.74, 6) is -4.49. The lowest BCUT2D eigenvalue weighted by Crippen LogP contribution is -2.48. The SMILES string of the molecule is COC(=O)[C@]1(NC(=O)OCc2ccccc2)CC1(F)F. The molecule has 1 atom stereocenters. The first-order valence-corrected chi connectivity index (χ1v) is 5.86. The summed E-state index contributed by atoms with van der Waals surface area (Å²) < 4.78 is 35.6. The molecule has 0 aromatic heterocycles. The molecule has 2 rings (SSSR count). The van der Waals surface area contributed by atoms with Crippen LogP contribution < -0.4 is 5.32 Å². The third-order valence-corrected chi connectivity index (χ3v) is 3.05. The number of carbonyl (C=O) groups excluding carboxylic acids is 2. The topological polar surface area (TPSA) is 64.6 Å². The first-order chi connectivity index (χ1) is 9.41. The minimum absolute atomic E-state index is 0.0739. The van der Waals surface area contributed by atoms with Gasteiger partial charge < -0.3 is 9.47 Å². The number of rotatable bonds is 4. The Morgan fingerprint density at radius 1 is 1.30 bits per heavy atom. The Morgan fingerprint density at radius 3 is 2.40 bits per heavy atom. The third kappa shape index (κ3) is 2.56. The Bertz CT molecular complexity index is 520. The molecule has 0 radical (unpaired) electrons. The van der Waals surface area contributed by atoms with Crippen LogP contribution >= 0.6 is 0 Å². The maximum atomic E-state index is 13.2. The van der Waals surface area contributed by atoms with Crippen molar-refractivity contribution in [3.63, 3.8) is 0 Å². The summed E-state index contributed by atoms with van der Waals surface area (Å²) in [6.07, 6.45) is -1.87. The number of ether oxygens (including phenoxy) is 2. The fraction of sp³-hybridized carbons (Fsp3) is 0.385. The average molecular weight is 285 g/mol. The minimum atomic E-state index is -3.31. The molecule has 0 aliphatic heterocycles. The van der Waals surface area contributed by atoms with E-state index in [4.69, 9.17) is 4.74 Å². The van der Waals surface area contributed by atoms with E-state index in [0.29, 0.717) is 5.56 Å². The quantitative estimate of drug-likeness (QED) is 0.858. The Hall–Kier alpha value is -2.18. The van der Waals surface area contributed by atoms with Crippen molar-refractivity contribution in [3.05, 3.63) is 35.9 Å². The molecule has 0 spiro atoms. The van der Waals surface area contributed by atoms with E-state index in [-0.39, 0.29) is 6.61 Å². The maximum Gasteiger partial charge on any atom is 0.408 e. The molecule has 0 heterocycles. The van der Waals surface area contributed by atoms with Gasteiger partial charge in [0.2, 0.25) is 5.54 Å². The largest absolute Gasteiger partial charge is 0.467 e. The molecule has 1 aliphatic rings. The van der Waals surface area contributed by atoms with Crippen molar-refractivity contribution >= 4 is 12.1 Å². The minimum Gasteiger partial charge on any atom is -0.467 e. The Morgan fingerprint density at radius 2 is 1.90 bits per heavy atom. The summed E-state index contributed by atoms with van der Waals surface area (Å²) in [6, 6.07) is 8.73. The van der Waals surface area contributed by atoms with Crippen LogP contribution in [-0.4, -0.2) is 30.6 Å². The van der Waals surface area contributed by atoms with E-state index in [1.54, 1.807) is 30.3 Å². The average Bonchev–Trinajstić information content (AvgIpc) is 2.99. The van der Waals surface area contributed by atoms with Crippen LogP contribution in [-0.2, 0) is 20.9 Å². The molecule has 7 heteroatoms. The molecular formula is C13H13F2NO4. The van der Waals surface area contributed by atoms with E-state index < -0.39 is 29.9 Å². The van der Waals surface area contributed by atoms with Crippen LogP contribution in [0.3, 0.4) is 0 Å². The Balaban J connectivity index is 1.93. The molecule has 108 valence electrons. The van der Waals surface area contributed by atoms with Crippen molar-refractivity contribution in [1.29, 1.82) is 0 Å². The van der Waals surface area contributed by atoms with Crippen LogP contribution in [0.25, 0.3) is 0 Å². The molecule has 1 N–H and O–H groups in total. The molecule has 1 aromatic rings. The number of esters is 1. The molecule has 0 bridgehead atoms. The fourth-order valence-corrected chi connectivity index (χ4v) is 1.80. The van der Waals surface area contributed by atoms with Gasteiger partial charge in [0.15, 0.2) is 0 Å². The van der Waals surface area contributed by atoms with Gasteiger partial charge in [-0.05, 0) is 5.56 Å². The van der Waals surface area contributed by atoms with Gasteiger partial charge in [0.25, 0.3) is 5.92 Å². The first-order valence-electron chi connectivity index (χ1n) is 5.86. The number of amides is 1. The van der Waals surface area contributed by atoms with Crippen LogP contribution in [0.15, 0.2) is 30.3 Å². The summed E-state index contributed by atoms with van der Waals surface area (Å²) in [4.78, 5) is 22.9. The summed E-state index contributed by atoms with van der Waals surface area (Å²) in [6.45, 7) is -0.0739. The number of methoxy groups -OCH3 is 1. The summed E-state index contributed by atoms with van der Waals surface area (Å²) in [5, 5.41) is 1.89. The summed E-state index contributed by atoms with van der Waals surface area (Å²) in [7, 11) is 0.982. The number of carbonyl (C=O) groups is 2. The number of hydrogen-bond acceptors (Lipinski definition) is 4. The smallest absolute Gasteiger partial charge is 0.408 e. The van der Waals surface area contributed by atoms with Crippen LogP contribution in [0.5, 0.6) is 0 Å². The molecule has 5 nitrogen and oxygen atoms in total. The predicted octanol–water partition coefficient (Wildman–Crippen LogP) is 1.86. The molecule has 0 saturated heterocycles. The van der Waals surface area contributed by atoms with Crippen molar-refractivity contribution < 1.29 is 27.8 Å². The van der Waals surface area contributed by atoms with Gasteiger partial charge in [0.1, 0.15) is 6.61 Å². The molecule has 20 heavy (non-hydrogen) atoms. The van der Waals surface area contributed by atoms with Gasteiger partial charge in [0.05, 0.1) is 13.5 Å². The lowest BCUT2D eigenvalue weighted by Gasteiger charge is -2.15. The van der Waals surface area contributed by atoms with Crippen LogP contribution in [0.1, 0.15) is 12.0 Å². The van der Waals surface area contributed by atoms with Gasteiger partial charge in [-0.25, -0.2) is 18.4 Å². The van der Waals surface area contributed by atoms with Crippen molar-refractivity contribution in [3.8, 4) is 0 Å². The highest BCUT2D eigenvalue weighted by Crippen LogP contribution is 2.53. The molecular weight excluding hydrogens is 272 g/mol. The lowest BCUT2D eigenvalue weighted by atomic mass is 10.2. The van der Waals surface area contributed by atoms with Crippen molar-refractivity contribution in [2.24, 2.45) is 0 Å². The van der Waals surface area contributed by atoms with Gasteiger partial charge >= 0.3 is 12.1 Å². The second-order valence-electron chi connectivity index (χ2n) is 4.46. The van der Waals surface area contributed by atoms with E-state index in [9.17, 15) is 18.4 Å². The molecule has 1 saturated carbocycles. The lowest BCUT2D eigenvalue weighted by molar-refractivity contribution is -0.147. The van der Waals surface area contributed by atoms with Crippen molar-refractivity contribution in [2.45, 2.75) is 24.5 Å². The van der Waals surface area contributed by atoms with E-state index in [0.717, 1.165) is 7.11 Å². The number of alkyl halides is 2. The number of benzene rings is 1. The second-order valence-corrected chi connectivity index (χ2v) is 4.46.